The van der Waals surface area contributed by atoms with Gasteiger partial charge in [0.25, 0.3) is 0 Å². The van der Waals surface area contributed by atoms with E-state index in [9.17, 15) is 13.2 Å². The Morgan fingerprint density at radius 1 is 1.25 bits per heavy atom. The lowest BCUT2D eigenvalue weighted by molar-refractivity contribution is 0.197. The van der Waals surface area contributed by atoms with Gasteiger partial charge in [-0.15, -0.1) is 0 Å². The molecule has 2 fully saturated rings. The monoisotopic (exact) mass is 351 g/mol. The fourth-order valence-corrected chi connectivity index (χ4v) is 5.25. The molecule has 0 aromatic heterocycles. The van der Waals surface area contributed by atoms with Gasteiger partial charge in [-0.1, -0.05) is 0 Å². The molecule has 132 valence electrons. The molecule has 3 rings (SSSR count). The van der Waals surface area contributed by atoms with Crippen molar-refractivity contribution in [2.24, 2.45) is 0 Å². The number of nitrogens with one attached hydrogen (secondary N) is 1. The zero-order chi connectivity index (χ0) is 17.2. The van der Waals surface area contributed by atoms with Gasteiger partial charge in [0.05, 0.1) is 11.5 Å². The average Bonchev–Trinajstić information content (AvgIpc) is 3.19. The van der Waals surface area contributed by atoms with E-state index in [2.05, 4.69) is 10.2 Å². The number of carbonyl (C=O) groups excluding carboxylic acids is 1. The van der Waals surface area contributed by atoms with E-state index in [-0.39, 0.29) is 23.6 Å². The van der Waals surface area contributed by atoms with Crippen LogP contribution in [0.4, 0.5) is 16.2 Å². The predicted molar refractivity (Wildman–Crippen MR) is 96.3 cm³/mol. The van der Waals surface area contributed by atoms with Crippen LogP contribution in [0.1, 0.15) is 26.2 Å². The van der Waals surface area contributed by atoms with Gasteiger partial charge in [-0.05, 0) is 50.5 Å². The third-order valence-electron chi connectivity index (χ3n) is 4.84. The number of hydrogen-bond acceptors (Lipinski definition) is 4. The van der Waals surface area contributed by atoms with E-state index >= 15 is 0 Å². The SMILES string of the molecule is CCN(C(=O)Nc1ccc(N2CCCC2)cc1)C1CCS(=O)(=O)C1. The Morgan fingerprint density at radius 2 is 1.92 bits per heavy atom. The predicted octanol–water partition coefficient (Wildman–Crippen LogP) is 2.33. The first-order chi connectivity index (χ1) is 11.5. The average molecular weight is 351 g/mol. The molecule has 2 heterocycles. The molecule has 6 nitrogen and oxygen atoms in total. The van der Waals surface area contributed by atoms with Crippen LogP contribution in [-0.2, 0) is 9.84 Å². The zero-order valence-electron chi connectivity index (χ0n) is 14.1. The number of anilines is 2. The first-order valence-corrected chi connectivity index (χ1v) is 10.4. The number of benzene rings is 1. The maximum absolute atomic E-state index is 12.5. The molecule has 0 bridgehead atoms. The van der Waals surface area contributed by atoms with E-state index in [1.807, 2.05) is 31.2 Å². The van der Waals surface area contributed by atoms with Gasteiger partial charge in [-0.25, -0.2) is 13.2 Å². The van der Waals surface area contributed by atoms with Crippen LogP contribution in [0.2, 0.25) is 0 Å². The summed E-state index contributed by atoms with van der Waals surface area (Å²) in [6.07, 6.45) is 2.99. The highest BCUT2D eigenvalue weighted by molar-refractivity contribution is 7.91. The number of amides is 2. The molecule has 24 heavy (non-hydrogen) atoms. The zero-order valence-corrected chi connectivity index (χ0v) is 14.9. The van der Waals surface area contributed by atoms with Crippen molar-refractivity contribution in [3.8, 4) is 0 Å². The Balaban J connectivity index is 1.62. The van der Waals surface area contributed by atoms with Gasteiger partial charge in [0, 0.05) is 37.1 Å². The molecule has 2 aliphatic heterocycles. The highest BCUT2D eigenvalue weighted by Gasteiger charge is 2.33. The second kappa shape index (κ2) is 7.01. The van der Waals surface area contributed by atoms with E-state index in [0.29, 0.717) is 13.0 Å². The van der Waals surface area contributed by atoms with Gasteiger partial charge in [0.2, 0.25) is 0 Å². The fourth-order valence-electron chi connectivity index (χ4n) is 3.52. The summed E-state index contributed by atoms with van der Waals surface area (Å²) < 4.78 is 23.3. The molecule has 0 aliphatic carbocycles. The number of nitrogens with zero attached hydrogens (tertiary/aromatic N) is 2. The summed E-state index contributed by atoms with van der Waals surface area (Å²) in [6, 6.07) is 7.42. The van der Waals surface area contributed by atoms with Crippen LogP contribution in [0.3, 0.4) is 0 Å². The molecule has 1 unspecified atom stereocenters. The van der Waals surface area contributed by atoms with E-state index in [0.717, 1.165) is 18.8 Å². The van der Waals surface area contributed by atoms with Gasteiger partial charge >= 0.3 is 6.03 Å². The number of rotatable bonds is 4. The van der Waals surface area contributed by atoms with Crippen molar-refractivity contribution >= 4 is 27.2 Å². The smallest absolute Gasteiger partial charge is 0.322 e. The molecule has 2 amide bonds. The minimum absolute atomic E-state index is 0.0716. The standard InChI is InChI=1S/C17H25N3O3S/c1-2-20(16-9-12-24(22,23)13-16)17(21)18-14-5-7-15(8-6-14)19-10-3-4-11-19/h5-8,16H,2-4,9-13H2,1H3,(H,18,21). The first-order valence-electron chi connectivity index (χ1n) is 8.61. The highest BCUT2D eigenvalue weighted by Crippen LogP contribution is 2.23. The van der Waals surface area contributed by atoms with Crippen molar-refractivity contribution < 1.29 is 13.2 Å². The normalized spacial score (nSPS) is 22.5. The van der Waals surface area contributed by atoms with E-state index < -0.39 is 9.84 Å². The van der Waals surface area contributed by atoms with E-state index in [4.69, 9.17) is 0 Å². The van der Waals surface area contributed by atoms with Crippen LogP contribution < -0.4 is 10.2 Å². The molecule has 0 saturated carbocycles. The molecule has 0 spiro atoms. The van der Waals surface area contributed by atoms with Gasteiger partial charge in [0.15, 0.2) is 9.84 Å². The lowest BCUT2D eigenvalue weighted by Gasteiger charge is -2.27. The van der Waals surface area contributed by atoms with Crippen molar-refractivity contribution in [2.45, 2.75) is 32.2 Å². The van der Waals surface area contributed by atoms with Gasteiger partial charge in [-0.2, -0.15) is 0 Å². The number of sulfone groups is 1. The summed E-state index contributed by atoms with van der Waals surface area (Å²) in [6.45, 7) is 4.55. The van der Waals surface area contributed by atoms with Crippen LogP contribution in [-0.4, -0.2) is 56.5 Å². The van der Waals surface area contributed by atoms with E-state index in [1.54, 1.807) is 4.90 Å². The Morgan fingerprint density at radius 3 is 2.46 bits per heavy atom. The Hall–Kier alpha value is -1.76. The van der Waals surface area contributed by atoms with Crippen LogP contribution in [0.15, 0.2) is 24.3 Å². The summed E-state index contributed by atoms with van der Waals surface area (Å²) in [5.41, 5.74) is 1.92. The summed E-state index contributed by atoms with van der Waals surface area (Å²) in [4.78, 5) is 16.5. The number of urea groups is 1. The molecular weight excluding hydrogens is 326 g/mol. The maximum Gasteiger partial charge on any atom is 0.322 e. The summed E-state index contributed by atoms with van der Waals surface area (Å²) in [7, 11) is -3.00. The lowest BCUT2D eigenvalue weighted by atomic mass is 10.2. The second-order valence-electron chi connectivity index (χ2n) is 6.51. The van der Waals surface area contributed by atoms with Gasteiger partial charge in [0.1, 0.15) is 0 Å². The lowest BCUT2D eigenvalue weighted by Crippen LogP contribution is -2.43. The summed E-state index contributed by atoms with van der Waals surface area (Å²) >= 11 is 0. The molecular formula is C17H25N3O3S. The van der Waals surface area contributed by atoms with Crippen molar-refractivity contribution in [2.75, 3.05) is 41.4 Å². The van der Waals surface area contributed by atoms with Crippen LogP contribution >= 0.6 is 0 Å². The Bertz CT molecular complexity index is 682. The first kappa shape index (κ1) is 17.1. The fraction of sp³-hybridized carbons (Fsp3) is 0.588. The molecule has 1 aromatic rings. The van der Waals surface area contributed by atoms with Crippen molar-refractivity contribution in [3.05, 3.63) is 24.3 Å². The van der Waals surface area contributed by atoms with Crippen LogP contribution in [0, 0.1) is 0 Å². The molecule has 1 atom stereocenters. The van der Waals surface area contributed by atoms with E-state index in [1.165, 1.54) is 18.5 Å². The number of carbonyl (C=O) groups is 1. The molecule has 1 aromatic carbocycles. The van der Waals surface area contributed by atoms with Crippen LogP contribution in [0.5, 0.6) is 0 Å². The molecule has 7 heteroatoms. The van der Waals surface area contributed by atoms with Gasteiger partial charge in [-0.3, -0.25) is 0 Å². The maximum atomic E-state index is 12.5. The van der Waals surface area contributed by atoms with Gasteiger partial charge < -0.3 is 15.1 Å². The topological polar surface area (TPSA) is 69.7 Å². The van der Waals surface area contributed by atoms with Crippen LogP contribution in [0.25, 0.3) is 0 Å². The molecule has 0 radical (unpaired) electrons. The Labute approximate surface area is 143 Å². The minimum atomic E-state index is -3.00. The number of hydrogen-bond donors (Lipinski definition) is 1. The third-order valence-corrected chi connectivity index (χ3v) is 6.59. The summed E-state index contributed by atoms with van der Waals surface area (Å²) in [5, 5.41) is 2.89. The molecule has 2 aliphatic rings. The largest absolute Gasteiger partial charge is 0.372 e. The molecule has 1 N–H and O–H groups in total. The molecule has 2 saturated heterocycles. The van der Waals surface area contributed by atoms with Crippen molar-refractivity contribution in [3.63, 3.8) is 0 Å². The third kappa shape index (κ3) is 3.83. The highest BCUT2D eigenvalue weighted by atomic mass is 32.2. The Kier molecular flexibility index (Phi) is 4.99. The quantitative estimate of drug-likeness (QED) is 0.904. The van der Waals surface area contributed by atoms with Crippen molar-refractivity contribution in [1.82, 2.24) is 4.90 Å². The van der Waals surface area contributed by atoms with Crippen molar-refractivity contribution in [1.29, 1.82) is 0 Å². The minimum Gasteiger partial charge on any atom is -0.372 e. The summed E-state index contributed by atoms with van der Waals surface area (Å²) in [5.74, 6) is 0.244. The second-order valence-corrected chi connectivity index (χ2v) is 8.74.